The van der Waals surface area contributed by atoms with Crippen molar-refractivity contribution in [2.45, 2.75) is 20.3 Å². The van der Waals surface area contributed by atoms with E-state index in [0.717, 1.165) is 45.2 Å². The minimum atomic E-state index is -1.37. The molecule has 1 saturated carbocycles. The van der Waals surface area contributed by atoms with Crippen molar-refractivity contribution in [1.82, 2.24) is 19.8 Å². The second-order valence-corrected chi connectivity index (χ2v) is 12.7. The topological polar surface area (TPSA) is 118 Å². The zero-order chi connectivity index (χ0) is 34.7. The number of nitrogens with one attached hydrogen (secondary N) is 2. The van der Waals surface area contributed by atoms with E-state index in [1.54, 1.807) is 26.0 Å². The van der Waals surface area contributed by atoms with E-state index in [1.807, 2.05) is 0 Å². The largest absolute Gasteiger partial charge is 0.493 e. The smallest absolute Gasteiger partial charge is 0.240 e. The van der Waals surface area contributed by atoms with Crippen molar-refractivity contribution < 1.29 is 32.6 Å². The number of amides is 2. The quantitative estimate of drug-likeness (QED) is 0.147. The molecule has 1 saturated heterocycles. The molecular formula is C36H40F2N6O5. The Hall–Kier alpha value is -4.88. The maximum Gasteiger partial charge on any atom is 0.240 e. The van der Waals surface area contributed by atoms with E-state index in [9.17, 15) is 14.0 Å². The predicted molar refractivity (Wildman–Crippen MR) is 181 cm³/mol. The van der Waals surface area contributed by atoms with Gasteiger partial charge in [0, 0.05) is 56.2 Å². The number of hydrogen-bond donors (Lipinski definition) is 2. The van der Waals surface area contributed by atoms with Crippen LogP contribution in [0.3, 0.4) is 0 Å². The van der Waals surface area contributed by atoms with Crippen LogP contribution in [0.4, 0.5) is 20.2 Å². The lowest BCUT2D eigenvalue weighted by molar-refractivity contribution is -0.132. The monoisotopic (exact) mass is 674 g/mol. The summed E-state index contributed by atoms with van der Waals surface area (Å²) in [6.07, 6.45) is 2.18. The molecule has 2 fully saturated rings. The molecule has 2 aliphatic rings. The summed E-state index contributed by atoms with van der Waals surface area (Å²) in [5.41, 5.74) is -0.320. The van der Waals surface area contributed by atoms with Gasteiger partial charge in [-0.25, -0.2) is 18.7 Å². The second kappa shape index (κ2) is 14.3. The van der Waals surface area contributed by atoms with Gasteiger partial charge in [0.25, 0.3) is 0 Å². The Balaban J connectivity index is 1.12. The standard InChI is InChI=1S/C36H40F2N6O5/c1-22-23(2)36(22,34(45)41-25-8-6-24(37)7-9-25)35(46)42-26-10-11-30(28(38)18-26)49-33-27-19-31(47-4)32(20-29(27)39-21-40-33)48-17-5-12-44-15-13-43(3)14-16-44/h6-11,18-23H,5,12-17H2,1-4H3,(H,41,45)(H,42,46)/t22-,23+,36+. The van der Waals surface area contributed by atoms with Crippen molar-refractivity contribution >= 4 is 34.1 Å². The maximum absolute atomic E-state index is 15.4. The molecule has 2 N–H and O–H groups in total. The lowest BCUT2D eigenvalue weighted by Gasteiger charge is -2.32. The Morgan fingerprint density at radius 3 is 2.20 bits per heavy atom. The van der Waals surface area contributed by atoms with Crippen molar-refractivity contribution in [3.05, 3.63) is 72.6 Å². The number of nitrogens with zero attached hydrogens (tertiary/aromatic N) is 4. The number of ether oxygens (including phenoxy) is 3. The molecule has 3 aromatic carbocycles. The summed E-state index contributed by atoms with van der Waals surface area (Å²) in [5.74, 6) is -1.82. The minimum absolute atomic E-state index is 0.109. The van der Waals surface area contributed by atoms with Crippen LogP contribution in [0.2, 0.25) is 0 Å². The van der Waals surface area contributed by atoms with Crippen LogP contribution in [0, 0.1) is 28.9 Å². The van der Waals surface area contributed by atoms with Crippen molar-refractivity contribution in [1.29, 1.82) is 0 Å². The zero-order valence-electron chi connectivity index (χ0n) is 28.0. The van der Waals surface area contributed by atoms with E-state index in [-0.39, 0.29) is 29.2 Å². The maximum atomic E-state index is 15.4. The molecule has 6 rings (SSSR count). The average molecular weight is 675 g/mol. The summed E-state index contributed by atoms with van der Waals surface area (Å²) in [6, 6.07) is 12.7. The number of carbonyl (C=O) groups is 2. The first-order valence-corrected chi connectivity index (χ1v) is 16.3. The first-order valence-electron chi connectivity index (χ1n) is 16.3. The molecule has 1 aromatic heterocycles. The molecule has 2 heterocycles. The van der Waals surface area contributed by atoms with E-state index in [1.165, 1.54) is 49.8 Å². The lowest BCUT2D eigenvalue weighted by atomic mass is 9.99. The number of likely N-dealkylation sites (N-methyl/N-ethyl adjacent to an activating group) is 1. The van der Waals surface area contributed by atoms with Crippen LogP contribution in [0.25, 0.3) is 10.9 Å². The van der Waals surface area contributed by atoms with Gasteiger partial charge in [0.2, 0.25) is 17.7 Å². The zero-order valence-corrected chi connectivity index (χ0v) is 28.0. The van der Waals surface area contributed by atoms with E-state index < -0.39 is 28.9 Å². The Labute approximate surface area is 283 Å². The van der Waals surface area contributed by atoms with Crippen molar-refractivity contribution in [2.75, 3.05) is 64.1 Å². The summed E-state index contributed by atoms with van der Waals surface area (Å²) in [4.78, 5) is 40.1. The third-order valence-electron chi connectivity index (χ3n) is 9.68. The Morgan fingerprint density at radius 2 is 1.55 bits per heavy atom. The summed E-state index contributed by atoms with van der Waals surface area (Å²) >= 11 is 0. The third kappa shape index (κ3) is 7.13. The molecule has 0 unspecified atom stereocenters. The molecule has 0 spiro atoms. The van der Waals surface area contributed by atoms with Crippen molar-refractivity contribution in [3.8, 4) is 23.1 Å². The highest BCUT2D eigenvalue weighted by Gasteiger charge is 2.69. The van der Waals surface area contributed by atoms with Gasteiger partial charge in [-0.1, -0.05) is 13.8 Å². The Kier molecular flexibility index (Phi) is 9.93. The summed E-state index contributed by atoms with van der Waals surface area (Å²) in [5, 5.41) is 5.89. The number of aromatic nitrogens is 2. The molecule has 0 bridgehead atoms. The summed E-state index contributed by atoms with van der Waals surface area (Å²) in [7, 11) is 3.67. The molecule has 11 nitrogen and oxygen atoms in total. The molecule has 0 radical (unpaired) electrons. The highest BCUT2D eigenvalue weighted by Crippen LogP contribution is 2.59. The van der Waals surface area contributed by atoms with Gasteiger partial charge in [0.1, 0.15) is 17.6 Å². The number of halogens is 2. The SMILES string of the molecule is COc1cc2c(Oc3ccc(NC(=O)[C@@]4(C(=O)Nc5ccc(F)cc5)[C@H](C)[C@@H]4C)cc3F)ncnc2cc1OCCCN1CCN(C)CC1. The summed E-state index contributed by atoms with van der Waals surface area (Å²) in [6.45, 7) is 9.29. The Morgan fingerprint density at radius 1 is 0.878 bits per heavy atom. The van der Waals surface area contributed by atoms with Crippen molar-refractivity contribution in [3.63, 3.8) is 0 Å². The number of rotatable bonds is 12. The van der Waals surface area contributed by atoms with Gasteiger partial charge in [-0.3, -0.25) is 9.59 Å². The van der Waals surface area contributed by atoms with Gasteiger partial charge >= 0.3 is 0 Å². The second-order valence-electron chi connectivity index (χ2n) is 12.7. The van der Waals surface area contributed by atoms with Gasteiger partial charge in [-0.05, 0) is 67.8 Å². The van der Waals surface area contributed by atoms with Crippen LogP contribution < -0.4 is 24.8 Å². The van der Waals surface area contributed by atoms with Crippen LogP contribution >= 0.6 is 0 Å². The normalized spacial score (nSPS) is 20.9. The highest BCUT2D eigenvalue weighted by atomic mass is 19.1. The molecule has 49 heavy (non-hydrogen) atoms. The number of anilines is 2. The molecule has 2 amide bonds. The summed E-state index contributed by atoms with van der Waals surface area (Å²) < 4.78 is 46.3. The first kappa shape index (κ1) is 34.0. The van der Waals surface area contributed by atoms with Crippen LogP contribution in [0.1, 0.15) is 20.3 Å². The fourth-order valence-electron chi connectivity index (χ4n) is 6.41. The predicted octanol–water partition coefficient (Wildman–Crippen LogP) is 5.57. The third-order valence-corrected chi connectivity index (χ3v) is 9.68. The number of hydrogen-bond acceptors (Lipinski definition) is 9. The van der Waals surface area contributed by atoms with Crippen LogP contribution in [-0.2, 0) is 9.59 Å². The molecule has 13 heteroatoms. The minimum Gasteiger partial charge on any atom is -0.493 e. The number of methoxy groups -OCH3 is 1. The van der Waals surface area contributed by atoms with E-state index in [2.05, 4.69) is 37.4 Å². The lowest BCUT2D eigenvalue weighted by Crippen LogP contribution is -2.44. The van der Waals surface area contributed by atoms with Crippen molar-refractivity contribution in [2.24, 2.45) is 17.3 Å². The Bertz CT molecular complexity index is 1830. The van der Waals surface area contributed by atoms with E-state index >= 15 is 4.39 Å². The molecule has 258 valence electrons. The molecule has 1 aliphatic heterocycles. The highest BCUT2D eigenvalue weighted by molar-refractivity contribution is 6.17. The number of fused-ring (bicyclic) bond motifs is 1. The van der Waals surface area contributed by atoms with Gasteiger partial charge in [-0.15, -0.1) is 0 Å². The molecule has 1 aliphatic carbocycles. The van der Waals surface area contributed by atoms with Gasteiger partial charge in [0.15, 0.2) is 23.1 Å². The van der Waals surface area contributed by atoms with Crippen LogP contribution in [0.15, 0.2) is 60.9 Å². The van der Waals surface area contributed by atoms with Crippen LogP contribution in [-0.4, -0.2) is 85.1 Å². The van der Waals surface area contributed by atoms with Crippen LogP contribution in [0.5, 0.6) is 23.1 Å². The molecule has 4 aromatic rings. The van der Waals surface area contributed by atoms with E-state index in [4.69, 9.17) is 14.2 Å². The fraction of sp³-hybridized carbons (Fsp3) is 0.389. The number of piperazine rings is 1. The number of carbonyl (C=O) groups excluding carboxylic acids is 2. The van der Waals surface area contributed by atoms with E-state index in [0.29, 0.717) is 34.7 Å². The number of benzene rings is 3. The molecular weight excluding hydrogens is 634 g/mol. The van der Waals surface area contributed by atoms with Gasteiger partial charge in [0.05, 0.1) is 24.6 Å². The first-order chi connectivity index (χ1) is 23.6. The van der Waals surface area contributed by atoms with Gasteiger partial charge < -0.3 is 34.6 Å². The van der Waals surface area contributed by atoms with Gasteiger partial charge in [-0.2, -0.15) is 0 Å². The molecule has 3 atom stereocenters. The average Bonchev–Trinajstić information content (AvgIpc) is 3.65. The fourth-order valence-corrected chi connectivity index (χ4v) is 6.41.